The molecule has 0 atom stereocenters. The lowest BCUT2D eigenvalue weighted by Crippen LogP contribution is -1.72. The minimum absolute atomic E-state index is 0.525. The van der Waals surface area contributed by atoms with E-state index in [1.807, 2.05) is 12.1 Å². The smallest absolute Gasteiger partial charge is 0.0480 e. The van der Waals surface area contributed by atoms with Gasteiger partial charge in [-0.1, -0.05) is 18.2 Å². The molecule has 0 heterocycles. The summed E-state index contributed by atoms with van der Waals surface area (Å²) in [5, 5.41) is 0. The molecule has 40 valence electrons. The Morgan fingerprint density at radius 3 is 2.88 bits per heavy atom. The first-order valence-electron chi connectivity index (χ1n) is 2.36. The van der Waals surface area contributed by atoms with Crippen LogP contribution in [0.2, 0.25) is 0 Å². The summed E-state index contributed by atoms with van der Waals surface area (Å²) in [6.45, 7) is 0. The van der Waals surface area contributed by atoms with E-state index in [2.05, 4.69) is 12.1 Å². The second kappa shape index (κ2) is 2.73. The number of hydrogen-bond acceptors (Lipinski definition) is 0. The summed E-state index contributed by atoms with van der Waals surface area (Å²) in [5.74, 6) is 0.525. The molecule has 0 aliphatic heterocycles. The van der Waals surface area contributed by atoms with Gasteiger partial charge in [-0.15, -0.1) is 11.6 Å². The minimum atomic E-state index is 0.525. The molecule has 0 saturated heterocycles. The maximum Gasteiger partial charge on any atom is 0.0480 e. The van der Waals surface area contributed by atoms with Gasteiger partial charge in [-0.2, -0.15) is 0 Å². The molecule has 0 fully saturated rings. The van der Waals surface area contributed by atoms with Crippen molar-refractivity contribution in [3.8, 4) is 0 Å². The third-order valence-electron chi connectivity index (χ3n) is 0.854. The van der Waals surface area contributed by atoms with Gasteiger partial charge in [0.25, 0.3) is 0 Å². The van der Waals surface area contributed by atoms with Gasteiger partial charge in [-0.25, -0.2) is 0 Å². The van der Waals surface area contributed by atoms with Gasteiger partial charge in [-0.3, -0.25) is 0 Å². The lowest BCUT2D eigenvalue weighted by molar-refractivity contribution is 1.39. The third-order valence-corrected chi connectivity index (χ3v) is 1.14. The van der Waals surface area contributed by atoms with Crippen molar-refractivity contribution in [3.05, 3.63) is 35.9 Å². The van der Waals surface area contributed by atoms with E-state index in [0.29, 0.717) is 5.88 Å². The lowest BCUT2D eigenvalue weighted by Gasteiger charge is -1.86. The van der Waals surface area contributed by atoms with Crippen molar-refractivity contribution in [2.45, 2.75) is 5.88 Å². The summed E-state index contributed by atoms with van der Waals surface area (Å²) in [5.41, 5.74) is 0.995. The minimum Gasteiger partial charge on any atom is -0.122 e. The van der Waals surface area contributed by atoms with Crippen molar-refractivity contribution < 1.29 is 0 Å². The summed E-state index contributed by atoms with van der Waals surface area (Å²) in [6.07, 6.45) is 0. The maximum atomic E-state index is 5.48. The molecule has 0 aromatic heterocycles. The van der Waals surface area contributed by atoms with Crippen molar-refractivity contribution in [2.75, 3.05) is 0 Å². The SMILES string of the molecule is ClCc1[c][c]ccc1. The molecular formula is C7H5Cl. The molecule has 1 rings (SSSR count). The highest BCUT2D eigenvalue weighted by molar-refractivity contribution is 6.17. The molecule has 0 amide bonds. The molecule has 0 unspecified atom stereocenters. The van der Waals surface area contributed by atoms with Crippen LogP contribution in [0.3, 0.4) is 0 Å². The first-order chi connectivity index (χ1) is 3.93. The maximum absolute atomic E-state index is 5.48. The Balaban J connectivity index is 2.83. The highest BCUT2D eigenvalue weighted by Gasteiger charge is 1.83. The molecular weight excluding hydrogens is 120 g/mol. The van der Waals surface area contributed by atoms with E-state index in [1.165, 1.54) is 0 Å². The van der Waals surface area contributed by atoms with E-state index >= 15 is 0 Å². The van der Waals surface area contributed by atoms with E-state index in [4.69, 9.17) is 11.6 Å². The van der Waals surface area contributed by atoms with Crippen LogP contribution in [0.5, 0.6) is 0 Å². The van der Waals surface area contributed by atoms with Crippen LogP contribution in [-0.2, 0) is 5.88 Å². The van der Waals surface area contributed by atoms with Crippen molar-refractivity contribution >= 4 is 11.6 Å². The summed E-state index contributed by atoms with van der Waals surface area (Å²) < 4.78 is 0. The number of benzene rings is 1. The van der Waals surface area contributed by atoms with Crippen molar-refractivity contribution in [1.82, 2.24) is 0 Å². The predicted octanol–water partition coefficient (Wildman–Crippen LogP) is 2.03. The van der Waals surface area contributed by atoms with E-state index in [9.17, 15) is 0 Å². The fourth-order valence-corrected chi connectivity index (χ4v) is 0.622. The number of rotatable bonds is 1. The topological polar surface area (TPSA) is 0 Å². The standard InChI is InChI=1S/C7H5Cl/c8-6-7-4-2-1-3-5-7/h1-2,4H,6H2. The van der Waals surface area contributed by atoms with Crippen LogP contribution in [0.4, 0.5) is 0 Å². The van der Waals surface area contributed by atoms with Crippen LogP contribution in [-0.4, -0.2) is 0 Å². The zero-order valence-corrected chi connectivity index (χ0v) is 5.07. The molecule has 0 nitrogen and oxygen atoms in total. The molecule has 1 heteroatoms. The van der Waals surface area contributed by atoms with Crippen molar-refractivity contribution in [2.24, 2.45) is 0 Å². The van der Waals surface area contributed by atoms with E-state index < -0.39 is 0 Å². The highest BCUT2D eigenvalue weighted by atomic mass is 35.5. The number of halogens is 1. The number of alkyl halides is 1. The molecule has 0 N–H and O–H groups in total. The summed E-state index contributed by atoms with van der Waals surface area (Å²) in [6, 6.07) is 11.3. The Morgan fingerprint density at radius 2 is 2.50 bits per heavy atom. The first kappa shape index (κ1) is 5.64. The summed E-state index contributed by atoms with van der Waals surface area (Å²) in [4.78, 5) is 0. The molecule has 1 aromatic carbocycles. The Bertz CT molecular complexity index is 146. The van der Waals surface area contributed by atoms with Gasteiger partial charge in [0.2, 0.25) is 0 Å². The summed E-state index contributed by atoms with van der Waals surface area (Å²) in [7, 11) is 0. The van der Waals surface area contributed by atoms with Crippen LogP contribution < -0.4 is 0 Å². The predicted molar refractivity (Wildman–Crippen MR) is 33.7 cm³/mol. The Hall–Kier alpha value is -0.490. The second-order valence-electron chi connectivity index (χ2n) is 1.45. The number of hydrogen-bond donors (Lipinski definition) is 0. The Morgan fingerprint density at radius 1 is 1.62 bits per heavy atom. The van der Waals surface area contributed by atoms with Crippen LogP contribution in [0.25, 0.3) is 0 Å². The van der Waals surface area contributed by atoms with E-state index in [-0.39, 0.29) is 0 Å². The van der Waals surface area contributed by atoms with E-state index in [1.54, 1.807) is 6.07 Å². The average Bonchev–Trinajstić information content (AvgIpc) is 1.90. The van der Waals surface area contributed by atoms with Crippen LogP contribution in [0.1, 0.15) is 5.56 Å². The zero-order chi connectivity index (χ0) is 5.82. The van der Waals surface area contributed by atoms with Gasteiger partial charge in [-0.05, 0) is 17.7 Å². The first-order valence-corrected chi connectivity index (χ1v) is 2.90. The molecule has 0 aliphatic carbocycles. The van der Waals surface area contributed by atoms with Gasteiger partial charge in [0.05, 0.1) is 0 Å². The fraction of sp³-hybridized carbons (Fsp3) is 0.143. The van der Waals surface area contributed by atoms with Crippen LogP contribution >= 0.6 is 11.6 Å². The van der Waals surface area contributed by atoms with Crippen LogP contribution in [0, 0.1) is 12.1 Å². The quantitative estimate of drug-likeness (QED) is 0.503. The largest absolute Gasteiger partial charge is 0.122 e. The van der Waals surface area contributed by atoms with Gasteiger partial charge in [0.1, 0.15) is 0 Å². The molecule has 2 radical (unpaired) electrons. The average molecular weight is 125 g/mol. The van der Waals surface area contributed by atoms with Gasteiger partial charge in [0.15, 0.2) is 0 Å². The van der Waals surface area contributed by atoms with Crippen molar-refractivity contribution in [3.63, 3.8) is 0 Å². The van der Waals surface area contributed by atoms with Gasteiger partial charge in [0, 0.05) is 5.88 Å². The molecule has 8 heavy (non-hydrogen) atoms. The monoisotopic (exact) mass is 124 g/mol. The highest BCUT2D eigenvalue weighted by Crippen LogP contribution is 1.99. The zero-order valence-electron chi connectivity index (χ0n) is 4.32. The second-order valence-corrected chi connectivity index (χ2v) is 1.72. The molecule has 0 bridgehead atoms. The summed E-state index contributed by atoms with van der Waals surface area (Å²) >= 11 is 5.48. The van der Waals surface area contributed by atoms with E-state index in [0.717, 1.165) is 5.56 Å². The molecule has 0 aliphatic rings. The third kappa shape index (κ3) is 1.24. The fourth-order valence-electron chi connectivity index (χ4n) is 0.466. The van der Waals surface area contributed by atoms with Crippen LogP contribution in [0.15, 0.2) is 18.2 Å². The molecule has 0 spiro atoms. The Kier molecular flexibility index (Phi) is 1.93. The van der Waals surface area contributed by atoms with Crippen molar-refractivity contribution in [1.29, 1.82) is 0 Å². The molecule has 0 saturated carbocycles. The lowest BCUT2D eigenvalue weighted by atomic mass is 10.2. The Labute approximate surface area is 54.1 Å². The normalized spacial score (nSPS) is 9.12. The molecule has 1 aromatic rings. The van der Waals surface area contributed by atoms with Gasteiger partial charge >= 0.3 is 0 Å². The van der Waals surface area contributed by atoms with Gasteiger partial charge < -0.3 is 0 Å².